The standard InChI is InChI=1S/C21H23FN2O3/c1-15-5-7-23-11-17(15)12-26-19-6-8-27-21(10-19)13-24(14-21)20(25)16-3-2-4-18(22)9-16/h2-5,7,9,11,19H,6,8,10,12-14H2,1H3/t19-/m0/s1. The lowest BCUT2D eigenvalue weighted by molar-refractivity contribution is -0.188. The second kappa shape index (κ2) is 7.37. The number of hydrogen-bond donors (Lipinski definition) is 0. The Kier molecular flexibility index (Phi) is 4.93. The molecule has 0 saturated carbocycles. The van der Waals surface area contributed by atoms with E-state index >= 15 is 0 Å². The van der Waals surface area contributed by atoms with Gasteiger partial charge in [-0.25, -0.2) is 4.39 Å². The van der Waals surface area contributed by atoms with Gasteiger partial charge in [-0.2, -0.15) is 0 Å². The highest BCUT2D eigenvalue weighted by atomic mass is 19.1. The summed E-state index contributed by atoms with van der Waals surface area (Å²) in [6, 6.07) is 7.79. The number of aromatic nitrogens is 1. The van der Waals surface area contributed by atoms with E-state index in [1.54, 1.807) is 23.2 Å². The van der Waals surface area contributed by atoms with Gasteiger partial charge in [-0.1, -0.05) is 6.07 Å². The predicted molar refractivity (Wildman–Crippen MR) is 97.8 cm³/mol. The van der Waals surface area contributed by atoms with E-state index in [0.717, 1.165) is 18.4 Å². The topological polar surface area (TPSA) is 51.7 Å². The Balaban J connectivity index is 1.33. The number of carbonyl (C=O) groups excluding carboxylic acids is 1. The summed E-state index contributed by atoms with van der Waals surface area (Å²) in [6.45, 7) is 4.25. The smallest absolute Gasteiger partial charge is 0.254 e. The van der Waals surface area contributed by atoms with E-state index in [-0.39, 0.29) is 17.6 Å². The Morgan fingerprint density at radius 3 is 3.04 bits per heavy atom. The van der Waals surface area contributed by atoms with Crippen molar-refractivity contribution in [1.29, 1.82) is 0 Å². The largest absolute Gasteiger partial charge is 0.373 e. The van der Waals surface area contributed by atoms with E-state index in [4.69, 9.17) is 9.47 Å². The first-order valence-electron chi connectivity index (χ1n) is 9.25. The zero-order chi connectivity index (χ0) is 18.9. The second-order valence-electron chi connectivity index (χ2n) is 7.43. The fraction of sp³-hybridized carbons (Fsp3) is 0.429. The maximum absolute atomic E-state index is 13.3. The fourth-order valence-electron chi connectivity index (χ4n) is 3.80. The number of benzene rings is 1. The molecular weight excluding hydrogens is 347 g/mol. The zero-order valence-electron chi connectivity index (χ0n) is 15.4. The number of aryl methyl sites for hydroxylation is 1. The molecule has 0 aliphatic carbocycles. The lowest BCUT2D eigenvalue weighted by Gasteiger charge is -2.53. The quantitative estimate of drug-likeness (QED) is 0.830. The van der Waals surface area contributed by atoms with Crippen molar-refractivity contribution in [2.24, 2.45) is 0 Å². The molecule has 27 heavy (non-hydrogen) atoms. The van der Waals surface area contributed by atoms with Crippen molar-refractivity contribution in [3.63, 3.8) is 0 Å². The number of rotatable bonds is 4. The molecule has 2 aromatic rings. The van der Waals surface area contributed by atoms with Crippen LogP contribution in [-0.4, -0.2) is 47.2 Å². The van der Waals surface area contributed by atoms with Crippen LogP contribution in [0.4, 0.5) is 4.39 Å². The Labute approximate surface area is 158 Å². The van der Waals surface area contributed by atoms with Crippen LogP contribution in [0.25, 0.3) is 0 Å². The Bertz CT molecular complexity index is 836. The summed E-state index contributed by atoms with van der Waals surface area (Å²) in [5, 5.41) is 0. The number of likely N-dealkylation sites (tertiary alicyclic amines) is 1. The minimum Gasteiger partial charge on any atom is -0.373 e. The Hall–Kier alpha value is -2.31. The molecule has 2 aliphatic heterocycles. The van der Waals surface area contributed by atoms with Crippen molar-refractivity contribution in [2.45, 2.75) is 38.1 Å². The third kappa shape index (κ3) is 3.87. The Morgan fingerprint density at radius 2 is 2.26 bits per heavy atom. The van der Waals surface area contributed by atoms with Gasteiger partial charge in [0.1, 0.15) is 11.4 Å². The first-order chi connectivity index (χ1) is 13.0. The van der Waals surface area contributed by atoms with Crippen LogP contribution >= 0.6 is 0 Å². The summed E-state index contributed by atoms with van der Waals surface area (Å²) < 4.78 is 25.4. The van der Waals surface area contributed by atoms with Gasteiger partial charge in [-0.15, -0.1) is 0 Å². The molecule has 0 bridgehead atoms. The van der Waals surface area contributed by atoms with E-state index in [9.17, 15) is 9.18 Å². The van der Waals surface area contributed by atoms with Crippen LogP contribution in [-0.2, 0) is 16.1 Å². The molecule has 2 saturated heterocycles. The highest BCUT2D eigenvalue weighted by molar-refractivity contribution is 5.94. The summed E-state index contributed by atoms with van der Waals surface area (Å²) in [6.07, 6.45) is 5.33. The molecule has 2 aliphatic rings. The van der Waals surface area contributed by atoms with E-state index in [0.29, 0.717) is 31.9 Å². The zero-order valence-corrected chi connectivity index (χ0v) is 15.4. The molecule has 0 radical (unpaired) electrons. The van der Waals surface area contributed by atoms with Crippen LogP contribution < -0.4 is 0 Å². The highest BCUT2D eigenvalue weighted by Crippen LogP contribution is 2.36. The number of pyridine rings is 1. The summed E-state index contributed by atoms with van der Waals surface area (Å²) >= 11 is 0. The number of carbonyl (C=O) groups is 1. The maximum Gasteiger partial charge on any atom is 0.254 e. The van der Waals surface area contributed by atoms with Crippen LogP contribution in [0.1, 0.15) is 34.3 Å². The minimum absolute atomic E-state index is 0.102. The van der Waals surface area contributed by atoms with Crippen molar-refractivity contribution in [1.82, 2.24) is 9.88 Å². The summed E-state index contributed by atoms with van der Waals surface area (Å²) in [7, 11) is 0. The number of hydrogen-bond acceptors (Lipinski definition) is 4. The lowest BCUT2D eigenvalue weighted by atomic mass is 9.84. The first-order valence-corrected chi connectivity index (χ1v) is 9.25. The van der Waals surface area contributed by atoms with Crippen molar-refractivity contribution in [2.75, 3.05) is 19.7 Å². The molecule has 5 nitrogen and oxygen atoms in total. The molecule has 0 unspecified atom stereocenters. The van der Waals surface area contributed by atoms with Crippen LogP contribution in [0.15, 0.2) is 42.7 Å². The molecule has 1 aromatic carbocycles. The number of amides is 1. The van der Waals surface area contributed by atoms with E-state index < -0.39 is 5.82 Å². The van der Waals surface area contributed by atoms with Gasteiger partial charge in [0.15, 0.2) is 0 Å². The molecule has 1 atom stereocenters. The number of halogens is 1. The predicted octanol–water partition coefficient (Wildman–Crippen LogP) is 3.12. The van der Waals surface area contributed by atoms with Gasteiger partial charge in [0.25, 0.3) is 5.91 Å². The third-order valence-electron chi connectivity index (χ3n) is 5.39. The van der Waals surface area contributed by atoms with Crippen molar-refractivity contribution in [3.8, 4) is 0 Å². The van der Waals surface area contributed by atoms with Gasteiger partial charge in [-0.05, 0) is 48.7 Å². The van der Waals surface area contributed by atoms with Gasteiger partial charge in [0.2, 0.25) is 0 Å². The maximum atomic E-state index is 13.3. The average Bonchev–Trinajstić information content (AvgIpc) is 2.65. The minimum atomic E-state index is -0.399. The van der Waals surface area contributed by atoms with Gasteiger partial charge in [-0.3, -0.25) is 9.78 Å². The number of nitrogens with zero attached hydrogens (tertiary/aromatic N) is 2. The van der Waals surface area contributed by atoms with Crippen LogP contribution in [0, 0.1) is 12.7 Å². The molecule has 1 amide bonds. The van der Waals surface area contributed by atoms with Gasteiger partial charge in [0.05, 0.1) is 25.8 Å². The molecule has 2 fully saturated rings. The van der Waals surface area contributed by atoms with Crippen molar-refractivity contribution < 1.29 is 18.7 Å². The lowest BCUT2D eigenvalue weighted by Crippen LogP contribution is -2.67. The van der Waals surface area contributed by atoms with Crippen molar-refractivity contribution >= 4 is 5.91 Å². The monoisotopic (exact) mass is 370 g/mol. The summed E-state index contributed by atoms with van der Waals surface area (Å²) in [4.78, 5) is 18.4. The van der Waals surface area contributed by atoms with Crippen LogP contribution in [0.2, 0.25) is 0 Å². The average molecular weight is 370 g/mol. The molecule has 1 spiro atoms. The second-order valence-corrected chi connectivity index (χ2v) is 7.43. The highest BCUT2D eigenvalue weighted by Gasteiger charge is 2.49. The molecular formula is C21H23FN2O3. The van der Waals surface area contributed by atoms with E-state index in [1.807, 2.05) is 19.2 Å². The third-order valence-corrected chi connectivity index (χ3v) is 5.39. The molecule has 3 heterocycles. The SMILES string of the molecule is Cc1ccncc1CO[C@H]1CCOC2(C1)CN(C(=O)c1cccc(F)c1)C2. The van der Waals surface area contributed by atoms with E-state index in [2.05, 4.69) is 4.98 Å². The Morgan fingerprint density at radius 1 is 1.41 bits per heavy atom. The summed E-state index contributed by atoms with van der Waals surface area (Å²) in [5.41, 5.74) is 2.30. The number of ether oxygens (including phenoxy) is 2. The van der Waals surface area contributed by atoms with Gasteiger partial charge in [0, 0.05) is 31.0 Å². The van der Waals surface area contributed by atoms with Crippen LogP contribution in [0.3, 0.4) is 0 Å². The molecule has 6 heteroatoms. The van der Waals surface area contributed by atoms with Gasteiger partial charge < -0.3 is 14.4 Å². The van der Waals surface area contributed by atoms with Gasteiger partial charge >= 0.3 is 0 Å². The van der Waals surface area contributed by atoms with E-state index in [1.165, 1.54) is 17.7 Å². The van der Waals surface area contributed by atoms with Crippen LogP contribution in [0.5, 0.6) is 0 Å². The summed E-state index contributed by atoms with van der Waals surface area (Å²) in [5.74, 6) is -0.554. The fourth-order valence-corrected chi connectivity index (χ4v) is 3.80. The molecule has 142 valence electrons. The molecule has 0 N–H and O–H groups in total. The molecule has 4 rings (SSSR count). The first kappa shape index (κ1) is 18.1. The molecule has 1 aromatic heterocycles. The normalized spacial score (nSPS) is 21.1. The van der Waals surface area contributed by atoms with Crippen molar-refractivity contribution in [3.05, 3.63) is 65.2 Å².